The number of hydrogen-bond donors (Lipinski definition) is 3. The molecule has 3 N–H and O–H groups in total. The van der Waals surface area contributed by atoms with Crippen molar-refractivity contribution in [2.24, 2.45) is 5.92 Å². The normalized spacial score (nSPS) is 10.3. The van der Waals surface area contributed by atoms with Crippen LogP contribution in [0.5, 0.6) is 0 Å². The third-order valence-electron chi connectivity index (χ3n) is 3.26. The van der Waals surface area contributed by atoms with Crippen molar-refractivity contribution in [2.45, 2.75) is 13.8 Å². The zero-order valence-electron chi connectivity index (χ0n) is 13.6. The summed E-state index contributed by atoms with van der Waals surface area (Å²) < 4.78 is 0. The number of anilines is 3. The Hall–Kier alpha value is -2.53. The van der Waals surface area contributed by atoms with Crippen LogP contribution in [0.2, 0.25) is 5.02 Å². The Morgan fingerprint density at radius 3 is 1.96 bits per heavy atom. The first-order valence-corrected chi connectivity index (χ1v) is 8.02. The van der Waals surface area contributed by atoms with Crippen LogP contribution in [0.3, 0.4) is 0 Å². The highest BCUT2D eigenvalue weighted by atomic mass is 35.5. The molecular weight excluding hydrogens is 326 g/mol. The van der Waals surface area contributed by atoms with Crippen LogP contribution >= 0.6 is 11.6 Å². The molecule has 0 saturated carbocycles. The van der Waals surface area contributed by atoms with E-state index in [-0.39, 0.29) is 24.3 Å². The van der Waals surface area contributed by atoms with Crippen LogP contribution in [-0.4, -0.2) is 18.4 Å². The summed E-state index contributed by atoms with van der Waals surface area (Å²) in [6.45, 7) is 3.81. The molecule has 2 aromatic carbocycles. The highest BCUT2D eigenvalue weighted by molar-refractivity contribution is 6.30. The highest BCUT2D eigenvalue weighted by Gasteiger charge is 2.07. The number of benzene rings is 2. The second-order valence-electron chi connectivity index (χ2n) is 5.63. The lowest BCUT2D eigenvalue weighted by atomic mass is 10.2. The molecule has 0 saturated heterocycles. The van der Waals surface area contributed by atoms with E-state index < -0.39 is 0 Å². The van der Waals surface area contributed by atoms with Gasteiger partial charge in [-0.3, -0.25) is 9.59 Å². The lowest BCUT2D eigenvalue weighted by Crippen LogP contribution is -2.21. The minimum Gasteiger partial charge on any atom is -0.376 e. The molecule has 0 aliphatic carbocycles. The molecule has 0 unspecified atom stereocenters. The Morgan fingerprint density at radius 1 is 0.875 bits per heavy atom. The van der Waals surface area contributed by atoms with Gasteiger partial charge in [-0.15, -0.1) is 0 Å². The van der Waals surface area contributed by atoms with Crippen molar-refractivity contribution in [1.82, 2.24) is 0 Å². The largest absolute Gasteiger partial charge is 0.376 e. The molecule has 0 aliphatic rings. The predicted octanol–water partition coefficient (Wildman–Crippen LogP) is 3.99. The van der Waals surface area contributed by atoms with Crippen LogP contribution in [0, 0.1) is 5.92 Å². The summed E-state index contributed by atoms with van der Waals surface area (Å²) in [4.78, 5) is 23.5. The summed E-state index contributed by atoms with van der Waals surface area (Å²) >= 11 is 5.80. The highest BCUT2D eigenvalue weighted by Crippen LogP contribution is 2.15. The van der Waals surface area contributed by atoms with Crippen molar-refractivity contribution >= 4 is 40.5 Å². The molecule has 5 nitrogen and oxygen atoms in total. The van der Waals surface area contributed by atoms with Crippen LogP contribution < -0.4 is 16.0 Å². The monoisotopic (exact) mass is 345 g/mol. The fourth-order valence-electron chi connectivity index (χ4n) is 1.88. The predicted molar refractivity (Wildman–Crippen MR) is 98.5 cm³/mol. The van der Waals surface area contributed by atoms with Gasteiger partial charge in [0.15, 0.2) is 0 Å². The Balaban J connectivity index is 1.82. The summed E-state index contributed by atoms with van der Waals surface area (Å²) in [5.74, 6) is -0.257. The van der Waals surface area contributed by atoms with Crippen molar-refractivity contribution < 1.29 is 9.59 Å². The van der Waals surface area contributed by atoms with Crippen LogP contribution in [0.25, 0.3) is 0 Å². The van der Waals surface area contributed by atoms with E-state index in [9.17, 15) is 9.59 Å². The lowest BCUT2D eigenvalue weighted by molar-refractivity contribution is -0.119. The fourth-order valence-corrected chi connectivity index (χ4v) is 2.00. The van der Waals surface area contributed by atoms with Gasteiger partial charge in [-0.05, 0) is 48.5 Å². The Morgan fingerprint density at radius 2 is 1.38 bits per heavy atom. The molecular formula is C18H20ClN3O2. The number of halogens is 1. The van der Waals surface area contributed by atoms with Gasteiger partial charge in [0.25, 0.3) is 0 Å². The van der Waals surface area contributed by atoms with E-state index in [1.54, 1.807) is 36.4 Å². The van der Waals surface area contributed by atoms with E-state index in [2.05, 4.69) is 16.0 Å². The van der Waals surface area contributed by atoms with E-state index in [0.29, 0.717) is 10.7 Å². The zero-order valence-corrected chi connectivity index (χ0v) is 14.4. The summed E-state index contributed by atoms with van der Waals surface area (Å²) in [6.07, 6.45) is 0. The van der Waals surface area contributed by atoms with E-state index in [0.717, 1.165) is 11.4 Å². The van der Waals surface area contributed by atoms with Crippen molar-refractivity contribution in [1.29, 1.82) is 0 Å². The SMILES string of the molecule is CC(C)C(=O)Nc1ccc(NCC(=O)Nc2ccc(Cl)cc2)cc1. The topological polar surface area (TPSA) is 70.2 Å². The van der Waals surface area contributed by atoms with E-state index in [1.807, 2.05) is 26.0 Å². The molecule has 0 spiro atoms. The molecule has 2 aromatic rings. The molecule has 0 heterocycles. The van der Waals surface area contributed by atoms with Gasteiger partial charge < -0.3 is 16.0 Å². The summed E-state index contributed by atoms with van der Waals surface area (Å²) in [5.41, 5.74) is 2.21. The second-order valence-corrected chi connectivity index (χ2v) is 6.07. The maximum Gasteiger partial charge on any atom is 0.243 e. The van der Waals surface area contributed by atoms with Crippen LogP contribution in [0.4, 0.5) is 17.1 Å². The fraction of sp³-hybridized carbons (Fsp3) is 0.222. The maximum atomic E-state index is 11.9. The van der Waals surface area contributed by atoms with Crippen molar-refractivity contribution in [3.63, 3.8) is 0 Å². The Labute approximate surface area is 146 Å². The molecule has 126 valence electrons. The second kappa shape index (κ2) is 8.36. The first-order chi connectivity index (χ1) is 11.4. The average molecular weight is 346 g/mol. The van der Waals surface area contributed by atoms with Crippen LogP contribution in [0.1, 0.15) is 13.8 Å². The van der Waals surface area contributed by atoms with Crippen LogP contribution in [0.15, 0.2) is 48.5 Å². The smallest absolute Gasteiger partial charge is 0.243 e. The molecule has 0 radical (unpaired) electrons. The first-order valence-electron chi connectivity index (χ1n) is 7.64. The molecule has 24 heavy (non-hydrogen) atoms. The average Bonchev–Trinajstić information content (AvgIpc) is 2.56. The van der Waals surface area contributed by atoms with Gasteiger partial charge in [-0.1, -0.05) is 25.4 Å². The van der Waals surface area contributed by atoms with Crippen LogP contribution in [-0.2, 0) is 9.59 Å². The maximum absolute atomic E-state index is 11.9. The minimum absolute atomic E-state index is 0.0296. The summed E-state index contributed by atoms with van der Waals surface area (Å²) in [5, 5.41) is 9.24. The lowest BCUT2D eigenvalue weighted by Gasteiger charge is -2.10. The third kappa shape index (κ3) is 5.59. The summed E-state index contributed by atoms with van der Waals surface area (Å²) in [7, 11) is 0. The molecule has 0 fully saturated rings. The number of hydrogen-bond acceptors (Lipinski definition) is 3. The quantitative estimate of drug-likeness (QED) is 0.741. The summed E-state index contributed by atoms with van der Waals surface area (Å²) in [6, 6.07) is 14.1. The van der Waals surface area contributed by atoms with Gasteiger partial charge in [-0.25, -0.2) is 0 Å². The Kier molecular flexibility index (Phi) is 6.21. The molecule has 0 atom stereocenters. The third-order valence-corrected chi connectivity index (χ3v) is 3.51. The zero-order chi connectivity index (χ0) is 17.5. The van der Waals surface area contributed by atoms with Crippen molar-refractivity contribution in [3.05, 3.63) is 53.6 Å². The molecule has 2 rings (SSSR count). The van der Waals surface area contributed by atoms with Crippen molar-refractivity contribution in [2.75, 3.05) is 22.5 Å². The molecule has 2 amide bonds. The van der Waals surface area contributed by atoms with Crippen molar-refractivity contribution in [3.8, 4) is 0 Å². The van der Waals surface area contributed by atoms with E-state index in [1.165, 1.54) is 0 Å². The minimum atomic E-state index is -0.158. The van der Waals surface area contributed by atoms with Gasteiger partial charge in [0.05, 0.1) is 6.54 Å². The van der Waals surface area contributed by atoms with Gasteiger partial charge in [0.1, 0.15) is 0 Å². The van der Waals surface area contributed by atoms with Gasteiger partial charge >= 0.3 is 0 Å². The molecule has 0 aliphatic heterocycles. The van der Waals surface area contributed by atoms with Gasteiger partial charge in [-0.2, -0.15) is 0 Å². The number of amides is 2. The van der Waals surface area contributed by atoms with Gasteiger partial charge in [0, 0.05) is 28.0 Å². The molecule has 0 bridgehead atoms. The van der Waals surface area contributed by atoms with Gasteiger partial charge in [0.2, 0.25) is 11.8 Å². The number of carbonyl (C=O) groups is 2. The standard InChI is InChI=1S/C18H20ClN3O2/c1-12(2)18(24)22-16-9-7-14(8-10-16)20-11-17(23)21-15-5-3-13(19)4-6-15/h3-10,12,20H,11H2,1-2H3,(H,21,23)(H,22,24). The number of nitrogens with one attached hydrogen (secondary N) is 3. The molecule has 0 aromatic heterocycles. The first kappa shape index (κ1) is 17.8. The number of carbonyl (C=O) groups excluding carboxylic acids is 2. The van der Waals surface area contributed by atoms with E-state index >= 15 is 0 Å². The Bertz CT molecular complexity index is 697. The van der Waals surface area contributed by atoms with E-state index in [4.69, 9.17) is 11.6 Å². The number of rotatable bonds is 6. The molecule has 6 heteroatoms.